The molecule has 0 unspecified atom stereocenters. The van der Waals surface area contributed by atoms with Gasteiger partial charge in [0.2, 0.25) is 5.82 Å². The van der Waals surface area contributed by atoms with Gasteiger partial charge in [0, 0.05) is 10.0 Å². The molecule has 4 rings (SSSR count). The van der Waals surface area contributed by atoms with Crippen LogP contribution in [0.5, 0.6) is 0 Å². The van der Waals surface area contributed by atoms with Gasteiger partial charge in [0.25, 0.3) is 5.89 Å². The van der Waals surface area contributed by atoms with Crippen molar-refractivity contribution in [1.82, 2.24) is 25.1 Å². The second-order valence-corrected chi connectivity index (χ2v) is 6.60. The van der Waals surface area contributed by atoms with E-state index >= 15 is 0 Å². The SMILES string of the molecule is COC(=O)CCn1nnc2cc(-c3noc(-c4ccccc4Br)n3)ccc21. The third-order valence-electron chi connectivity index (χ3n) is 4.06. The highest BCUT2D eigenvalue weighted by Crippen LogP contribution is 2.29. The lowest BCUT2D eigenvalue weighted by Crippen LogP contribution is -2.08. The molecule has 0 atom stereocenters. The molecule has 9 heteroatoms. The molecule has 0 saturated carbocycles. The fourth-order valence-electron chi connectivity index (χ4n) is 2.66. The minimum atomic E-state index is -0.290. The normalized spacial score (nSPS) is 11.0. The first kappa shape index (κ1) is 17.3. The van der Waals surface area contributed by atoms with E-state index in [0.29, 0.717) is 23.8 Å². The van der Waals surface area contributed by atoms with Crippen LogP contribution in [0.2, 0.25) is 0 Å². The Morgan fingerprint density at radius 2 is 2.11 bits per heavy atom. The van der Waals surface area contributed by atoms with Crippen LogP contribution < -0.4 is 0 Å². The summed E-state index contributed by atoms with van der Waals surface area (Å²) in [4.78, 5) is 15.8. The second kappa shape index (κ2) is 7.28. The molecular weight excluding hydrogens is 414 g/mol. The molecule has 0 radical (unpaired) electrons. The summed E-state index contributed by atoms with van der Waals surface area (Å²) in [6.07, 6.45) is 0.233. The van der Waals surface area contributed by atoms with Crippen LogP contribution in [0.15, 0.2) is 51.5 Å². The molecule has 0 amide bonds. The summed E-state index contributed by atoms with van der Waals surface area (Å²) in [5, 5.41) is 12.3. The molecule has 0 spiro atoms. The highest BCUT2D eigenvalue weighted by Gasteiger charge is 2.14. The predicted octanol–water partition coefficient (Wildman–Crippen LogP) is 3.47. The lowest BCUT2D eigenvalue weighted by atomic mass is 10.2. The maximum absolute atomic E-state index is 11.3. The van der Waals surface area contributed by atoms with Crippen molar-refractivity contribution in [3.63, 3.8) is 0 Å². The smallest absolute Gasteiger partial charge is 0.307 e. The average Bonchev–Trinajstić information content (AvgIpc) is 3.33. The van der Waals surface area contributed by atoms with Crippen molar-refractivity contribution < 1.29 is 14.1 Å². The molecule has 0 aliphatic carbocycles. The van der Waals surface area contributed by atoms with E-state index in [1.54, 1.807) is 4.68 Å². The molecule has 136 valence electrons. The molecule has 0 saturated heterocycles. The van der Waals surface area contributed by atoms with Crippen molar-refractivity contribution in [2.45, 2.75) is 13.0 Å². The van der Waals surface area contributed by atoms with Crippen LogP contribution in [0.25, 0.3) is 33.9 Å². The summed E-state index contributed by atoms with van der Waals surface area (Å²) in [7, 11) is 1.36. The number of ether oxygens (including phenoxy) is 1. The Kier molecular flexibility index (Phi) is 4.68. The van der Waals surface area contributed by atoms with Gasteiger partial charge in [-0.15, -0.1) is 5.10 Å². The van der Waals surface area contributed by atoms with E-state index in [2.05, 4.69) is 41.1 Å². The number of aryl methyl sites for hydroxylation is 1. The fourth-order valence-corrected chi connectivity index (χ4v) is 3.11. The van der Waals surface area contributed by atoms with Crippen molar-refractivity contribution in [1.29, 1.82) is 0 Å². The Morgan fingerprint density at radius 3 is 2.93 bits per heavy atom. The molecule has 27 heavy (non-hydrogen) atoms. The first-order chi connectivity index (χ1) is 13.2. The lowest BCUT2D eigenvalue weighted by Gasteiger charge is -2.01. The summed E-state index contributed by atoms with van der Waals surface area (Å²) in [6.45, 7) is 0.400. The van der Waals surface area contributed by atoms with Crippen molar-refractivity contribution in [2.24, 2.45) is 0 Å². The van der Waals surface area contributed by atoms with Gasteiger partial charge in [-0.2, -0.15) is 4.98 Å². The van der Waals surface area contributed by atoms with E-state index in [4.69, 9.17) is 4.52 Å². The number of hydrogen-bond acceptors (Lipinski definition) is 7. The average molecular weight is 428 g/mol. The van der Waals surface area contributed by atoms with Crippen LogP contribution in [0, 0.1) is 0 Å². The number of hydrogen-bond donors (Lipinski definition) is 0. The Morgan fingerprint density at radius 1 is 1.26 bits per heavy atom. The van der Waals surface area contributed by atoms with Gasteiger partial charge in [0.1, 0.15) is 5.52 Å². The summed E-state index contributed by atoms with van der Waals surface area (Å²) in [6, 6.07) is 13.2. The molecule has 0 fully saturated rings. The Hall–Kier alpha value is -3.07. The number of esters is 1. The van der Waals surface area contributed by atoms with Crippen molar-refractivity contribution in [2.75, 3.05) is 7.11 Å². The van der Waals surface area contributed by atoms with E-state index in [1.807, 2.05) is 42.5 Å². The van der Waals surface area contributed by atoms with E-state index in [-0.39, 0.29) is 12.4 Å². The van der Waals surface area contributed by atoms with Crippen LogP contribution in [0.4, 0.5) is 0 Å². The van der Waals surface area contributed by atoms with Crippen molar-refractivity contribution in [3.05, 3.63) is 46.9 Å². The summed E-state index contributed by atoms with van der Waals surface area (Å²) in [5.41, 5.74) is 3.09. The van der Waals surface area contributed by atoms with Crippen LogP contribution >= 0.6 is 15.9 Å². The maximum Gasteiger partial charge on any atom is 0.307 e. The Balaban J connectivity index is 1.62. The van der Waals surface area contributed by atoms with Crippen LogP contribution in [-0.2, 0) is 16.1 Å². The number of rotatable bonds is 5. The summed E-state index contributed by atoms with van der Waals surface area (Å²) < 4.78 is 12.6. The Bertz CT molecular complexity index is 1120. The number of carbonyl (C=O) groups is 1. The minimum Gasteiger partial charge on any atom is -0.469 e. The number of aromatic nitrogens is 5. The van der Waals surface area contributed by atoms with Crippen LogP contribution in [0.1, 0.15) is 6.42 Å². The number of fused-ring (bicyclic) bond motifs is 1. The maximum atomic E-state index is 11.3. The van der Waals surface area contributed by atoms with Crippen molar-refractivity contribution >= 4 is 32.9 Å². The minimum absolute atomic E-state index is 0.233. The molecule has 0 bridgehead atoms. The summed E-state index contributed by atoms with van der Waals surface area (Å²) >= 11 is 3.48. The van der Waals surface area contributed by atoms with E-state index in [0.717, 1.165) is 21.1 Å². The van der Waals surface area contributed by atoms with Crippen LogP contribution in [0.3, 0.4) is 0 Å². The molecular formula is C18H14BrN5O3. The van der Waals surface area contributed by atoms with Gasteiger partial charge in [-0.25, -0.2) is 4.68 Å². The Labute approximate surface area is 162 Å². The van der Waals surface area contributed by atoms with Gasteiger partial charge in [-0.1, -0.05) is 22.5 Å². The highest BCUT2D eigenvalue weighted by atomic mass is 79.9. The predicted molar refractivity (Wildman–Crippen MR) is 101 cm³/mol. The van der Waals surface area contributed by atoms with Crippen LogP contribution in [-0.4, -0.2) is 38.2 Å². The first-order valence-corrected chi connectivity index (χ1v) is 8.94. The fraction of sp³-hybridized carbons (Fsp3) is 0.167. The zero-order valence-corrected chi connectivity index (χ0v) is 15.9. The molecule has 2 aromatic carbocycles. The molecule has 0 aliphatic rings. The topological polar surface area (TPSA) is 95.9 Å². The second-order valence-electron chi connectivity index (χ2n) is 5.75. The first-order valence-electron chi connectivity index (χ1n) is 8.15. The van der Waals surface area contributed by atoms with Gasteiger partial charge in [-0.3, -0.25) is 4.79 Å². The van der Waals surface area contributed by atoms with Gasteiger partial charge in [0.05, 0.1) is 31.2 Å². The monoisotopic (exact) mass is 427 g/mol. The van der Waals surface area contributed by atoms with Gasteiger partial charge >= 0.3 is 5.97 Å². The van der Waals surface area contributed by atoms with E-state index in [1.165, 1.54) is 7.11 Å². The highest BCUT2D eigenvalue weighted by molar-refractivity contribution is 9.10. The molecule has 2 aromatic heterocycles. The molecule has 8 nitrogen and oxygen atoms in total. The summed E-state index contributed by atoms with van der Waals surface area (Å²) in [5.74, 6) is 0.604. The number of methoxy groups -OCH3 is 1. The third kappa shape index (κ3) is 3.45. The lowest BCUT2D eigenvalue weighted by molar-refractivity contribution is -0.140. The van der Waals surface area contributed by atoms with Crippen molar-refractivity contribution in [3.8, 4) is 22.8 Å². The standard InChI is InChI=1S/C18H14BrN5O3/c1-26-16(25)8-9-24-15-7-6-11(10-14(15)21-23-24)17-20-18(27-22-17)12-4-2-3-5-13(12)19/h2-7,10H,8-9H2,1H3. The largest absolute Gasteiger partial charge is 0.469 e. The number of halogens is 1. The quantitative estimate of drug-likeness (QED) is 0.449. The van der Waals surface area contributed by atoms with E-state index < -0.39 is 0 Å². The molecule has 0 N–H and O–H groups in total. The number of nitrogens with zero attached hydrogens (tertiary/aromatic N) is 5. The third-order valence-corrected chi connectivity index (χ3v) is 4.75. The van der Waals surface area contributed by atoms with E-state index in [9.17, 15) is 4.79 Å². The number of carbonyl (C=O) groups excluding carboxylic acids is 1. The molecule has 4 aromatic rings. The van der Waals surface area contributed by atoms with Gasteiger partial charge in [-0.05, 0) is 46.3 Å². The van der Waals surface area contributed by atoms with Gasteiger partial charge < -0.3 is 9.26 Å². The zero-order valence-electron chi connectivity index (χ0n) is 14.3. The zero-order chi connectivity index (χ0) is 18.8. The van der Waals surface area contributed by atoms with Gasteiger partial charge in [0.15, 0.2) is 0 Å². The number of benzene rings is 2. The molecule has 0 aliphatic heterocycles. The molecule has 2 heterocycles.